The van der Waals surface area contributed by atoms with Gasteiger partial charge < -0.3 is 5.32 Å². The summed E-state index contributed by atoms with van der Waals surface area (Å²) >= 11 is 0. The lowest BCUT2D eigenvalue weighted by molar-refractivity contribution is 0.0963. The molecule has 27 heavy (non-hydrogen) atoms. The predicted molar refractivity (Wildman–Crippen MR) is 108 cm³/mol. The van der Waals surface area contributed by atoms with Gasteiger partial charge in [-0.3, -0.25) is 14.9 Å². The Kier molecular flexibility index (Phi) is 4.49. The Labute approximate surface area is 156 Å². The average Bonchev–Trinajstić information content (AvgIpc) is 3.14. The Morgan fingerprint density at radius 3 is 2.67 bits per heavy atom. The van der Waals surface area contributed by atoms with Gasteiger partial charge in [-0.25, -0.2) is 0 Å². The minimum absolute atomic E-state index is 0.0980. The molecule has 1 amide bonds. The lowest BCUT2D eigenvalue weighted by Gasteiger charge is -2.01. The Hall–Kier alpha value is -3.73. The van der Waals surface area contributed by atoms with Crippen LogP contribution in [-0.4, -0.2) is 28.1 Å². The van der Waals surface area contributed by atoms with Gasteiger partial charge in [0.25, 0.3) is 5.91 Å². The summed E-state index contributed by atoms with van der Waals surface area (Å²) in [6.07, 6.45) is 7.48. The van der Waals surface area contributed by atoms with Crippen molar-refractivity contribution in [3.63, 3.8) is 0 Å². The fourth-order valence-electron chi connectivity index (χ4n) is 2.99. The number of hydrogen-bond donors (Lipinski definition) is 2. The third kappa shape index (κ3) is 3.48. The van der Waals surface area contributed by atoms with E-state index in [1.807, 2.05) is 42.5 Å². The zero-order valence-electron chi connectivity index (χ0n) is 14.8. The van der Waals surface area contributed by atoms with Crippen molar-refractivity contribution in [1.82, 2.24) is 20.5 Å². The quantitative estimate of drug-likeness (QED) is 0.578. The molecule has 0 aliphatic heterocycles. The third-order valence-corrected chi connectivity index (χ3v) is 4.42. The van der Waals surface area contributed by atoms with Crippen LogP contribution in [0.3, 0.4) is 0 Å². The van der Waals surface area contributed by atoms with Crippen molar-refractivity contribution in [3.05, 3.63) is 83.8 Å². The van der Waals surface area contributed by atoms with Gasteiger partial charge in [0, 0.05) is 30.4 Å². The van der Waals surface area contributed by atoms with Gasteiger partial charge in [0.05, 0.1) is 11.2 Å². The van der Waals surface area contributed by atoms with Crippen molar-refractivity contribution in [2.24, 2.45) is 0 Å². The SMILES string of the molecule is CNC(=O)c1cccc(C=Cc2n[nH]c3cc(-c4ccncc4)ccc23)c1. The molecule has 0 spiro atoms. The summed E-state index contributed by atoms with van der Waals surface area (Å²) in [5.74, 6) is -0.0980. The lowest BCUT2D eigenvalue weighted by atomic mass is 10.0. The van der Waals surface area contributed by atoms with Crippen molar-refractivity contribution < 1.29 is 4.79 Å². The number of nitrogens with one attached hydrogen (secondary N) is 2. The average molecular weight is 354 g/mol. The van der Waals surface area contributed by atoms with Gasteiger partial charge in [-0.2, -0.15) is 5.10 Å². The van der Waals surface area contributed by atoms with Gasteiger partial charge in [-0.1, -0.05) is 24.3 Å². The van der Waals surface area contributed by atoms with E-state index in [1.54, 1.807) is 25.5 Å². The molecule has 0 atom stereocenters. The second kappa shape index (κ2) is 7.25. The van der Waals surface area contributed by atoms with Crippen molar-refractivity contribution in [3.8, 4) is 11.1 Å². The number of H-pyrrole nitrogens is 1. The van der Waals surface area contributed by atoms with Gasteiger partial charge >= 0.3 is 0 Å². The predicted octanol–water partition coefficient (Wildman–Crippen LogP) is 4.15. The Balaban J connectivity index is 1.63. The number of aromatic nitrogens is 3. The summed E-state index contributed by atoms with van der Waals surface area (Å²) < 4.78 is 0. The number of benzene rings is 2. The van der Waals surface area contributed by atoms with Crippen LogP contribution >= 0.6 is 0 Å². The second-order valence-corrected chi connectivity index (χ2v) is 6.14. The van der Waals surface area contributed by atoms with E-state index in [1.165, 1.54) is 0 Å². The highest BCUT2D eigenvalue weighted by Gasteiger charge is 2.06. The third-order valence-electron chi connectivity index (χ3n) is 4.42. The van der Waals surface area contributed by atoms with Crippen molar-refractivity contribution in [2.45, 2.75) is 0 Å². The summed E-state index contributed by atoms with van der Waals surface area (Å²) in [6, 6.07) is 17.7. The molecule has 0 bridgehead atoms. The highest BCUT2D eigenvalue weighted by Crippen LogP contribution is 2.25. The molecule has 0 saturated heterocycles. The Morgan fingerprint density at radius 1 is 1.00 bits per heavy atom. The number of carbonyl (C=O) groups excluding carboxylic acids is 1. The number of nitrogens with zero attached hydrogens (tertiary/aromatic N) is 2. The molecule has 4 rings (SSSR count). The molecule has 2 N–H and O–H groups in total. The van der Waals surface area contributed by atoms with Crippen LogP contribution in [0.2, 0.25) is 0 Å². The molecule has 2 heterocycles. The van der Waals surface area contributed by atoms with Crippen LogP contribution in [0.25, 0.3) is 34.2 Å². The maximum absolute atomic E-state index is 11.8. The summed E-state index contributed by atoms with van der Waals surface area (Å²) in [5.41, 5.74) is 5.64. The molecule has 0 radical (unpaired) electrons. The van der Waals surface area contributed by atoms with E-state index in [0.29, 0.717) is 5.56 Å². The molecule has 2 aromatic heterocycles. The molecule has 132 valence electrons. The van der Waals surface area contributed by atoms with Gasteiger partial charge in [0.1, 0.15) is 0 Å². The van der Waals surface area contributed by atoms with E-state index in [0.717, 1.165) is 33.3 Å². The summed E-state index contributed by atoms with van der Waals surface area (Å²) in [7, 11) is 1.63. The molecule has 4 aromatic rings. The van der Waals surface area contributed by atoms with E-state index in [4.69, 9.17) is 0 Å². The topological polar surface area (TPSA) is 70.7 Å². The van der Waals surface area contributed by atoms with Gasteiger partial charge in [-0.15, -0.1) is 0 Å². The lowest BCUT2D eigenvalue weighted by Crippen LogP contribution is -2.17. The first-order chi connectivity index (χ1) is 13.2. The highest BCUT2D eigenvalue weighted by atomic mass is 16.1. The van der Waals surface area contributed by atoms with Crippen LogP contribution in [-0.2, 0) is 0 Å². The van der Waals surface area contributed by atoms with Crippen LogP contribution < -0.4 is 5.32 Å². The van der Waals surface area contributed by atoms with E-state index in [-0.39, 0.29) is 5.91 Å². The number of rotatable bonds is 4. The first-order valence-corrected chi connectivity index (χ1v) is 8.63. The minimum Gasteiger partial charge on any atom is -0.355 e. The maximum atomic E-state index is 11.8. The standard InChI is InChI=1S/C22H18N4O/c1-23-22(27)18-4-2-3-15(13-18)5-8-20-19-7-6-17(14-21(19)26-25-20)16-9-11-24-12-10-16/h2-14H,1H3,(H,23,27)(H,25,26). The molecule has 0 fully saturated rings. The normalized spacial score (nSPS) is 11.1. The van der Waals surface area contributed by atoms with E-state index in [9.17, 15) is 4.79 Å². The van der Waals surface area contributed by atoms with E-state index in [2.05, 4.69) is 38.7 Å². The fraction of sp³-hybridized carbons (Fsp3) is 0.0455. The number of aromatic amines is 1. The van der Waals surface area contributed by atoms with Gasteiger partial charge in [-0.05, 0) is 59.2 Å². The largest absolute Gasteiger partial charge is 0.355 e. The summed E-state index contributed by atoms with van der Waals surface area (Å²) in [5, 5.41) is 11.2. The minimum atomic E-state index is -0.0980. The number of amides is 1. The van der Waals surface area contributed by atoms with Crippen LogP contribution in [0, 0.1) is 0 Å². The van der Waals surface area contributed by atoms with E-state index < -0.39 is 0 Å². The number of hydrogen-bond acceptors (Lipinski definition) is 3. The van der Waals surface area contributed by atoms with Gasteiger partial charge in [0.2, 0.25) is 0 Å². The van der Waals surface area contributed by atoms with Crippen LogP contribution in [0.4, 0.5) is 0 Å². The van der Waals surface area contributed by atoms with E-state index >= 15 is 0 Å². The number of carbonyl (C=O) groups is 1. The van der Waals surface area contributed by atoms with Crippen LogP contribution in [0.5, 0.6) is 0 Å². The molecule has 0 saturated carbocycles. The Bertz CT molecular complexity index is 1130. The zero-order valence-corrected chi connectivity index (χ0v) is 14.8. The van der Waals surface area contributed by atoms with Crippen molar-refractivity contribution in [1.29, 1.82) is 0 Å². The summed E-state index contributed by atoms with van der Waals surface area (Å²) in [6.45, 7) is 0. The molecule has 0 aliphatic rings. The summed E-state index contributed by atoms with van der Waals surface area (Å²) in [4.78, 5) is 15.8. The molecular formula is C22H18N4O. The van der Waals surface area contributed by atoms with Crippen molar-refractivity contribution >= 4 is 29.0 Å². The monoisotopic (exact) mass is 354 g/mol. The van der Waals surface area contributed by atoms with Gasteiger partial charge in [0.15, 0.2) is 0 Å². The molecule has 2 aromatic carbocycles. The van der Waals surface area contributed by atoms with Crippen LogP contribution in [0.1, 0.15) is 21.6 Å². The highest BCUT2D eigenvalue weighted by molar-refractivity contribution is 5.95. The Morgan fingerprint density at radius 2 is 1.85 bits per heavy atom. The zero-order chi connectivity index (χ0) is 18.6. The number of pyridine rings is 1. The second-order valence-electron chi connectivity index (χ2n) is 6.14. The van der Waals surface area contributed by atoms with Crippen LogP contribution in [0.15, 0.2) is 67.0 Å². The maximum Gasteiger partial charge on any atom is 0.251 e. The molecule has 0 unspecified atom stereocenters. The van der Waals surface area contributed by atoms with Crippen molar-refractivity contribution in [2.75, 3.05) is 7.05 Å². The number of fused-ring (bicyclic) bond motifs is 1. The first-order valence-electron chi connectivity index (χ1n) is 8.63. The molecule has 5 nitrogen and oxygen atoms in total. The molecule has 5 heteroatoms. The fourth-order valence-corrected chi connectivity index (χ4v) is 2.99. The molecular weight excluding hydrogens is 336 g/mol. The molecule has 0 aliphatic carbocycles. The first kappa shape index (κ1) is 16.7. The smallest absolute Gasteiger partial charge is 0.251 e.